The molecule has 0 unspecified atom stereocenters. The van der Waals surface area contributed by atoms with Gasteiger partial charge in [0.2, 0.25) is 0 Å². The Morgan fingerprint density at radius 1 is 1.22 bits per heavy atom. The van der Waals surface area contributed by atoms with Gasteiger partial charge in [0.05, 0.1) is 5.69 Å². The van der Waals surface area contributed by atoms with E-state index in [2.05, 4.69) is 4.98 Å². The zero-order valence-electron chi connectivity index (χ0n) is 9.38. The minimum atomic E-state index is -0.442. The van der Waals surface area contributed by atoms with E-state index in [0.29, 0.717) is 23.1 Å². The van der Waals surface area contributed by atoms with E-state index in [1.807, 2.05) is 28.8 Å². The molecular weight excluding hydrogens is 231 g/mol. The van der Waals surface area contributed by atoms with Crippen molar-refractivity contribution in [3.8, 4) is 11.3 Å². The van der Waals surface area contributed by atoms with Crippen molar-refractivity contribution in [2.24, 2.45) is 0 Å². The first-order valence-electron chi connectivity index (χ1n) is 5.47. The summed E-state index contributed by atoms with van der Waals surface area (Å²) in [6.07, 6.45) is 4.23. The molecule has 0 spiro atoms. The highest BCUT2D eigenvalue weighted by Crippen LogP contribution is 2.22. The zero-order chi connectivity index (χ0) is 12.5. The molecule has 2 heterocycles. The molecule has 2 aromatic heterocycles. The lowest BCUT2D eigenvalue weighted by molar-refractivity contribution is 0.112. The van der Waals surface area contributed by atoms with Crippen LogP contribution in [0, 0.1) is 5.82 Å². The second-order valence-corrected chi connectivity index (χ2v) is 3.95. The number of carbonyl (C=O) groups excluding carboxylic acids is 1. The number of aldehydes is 1. The summed E-state index contributed by atoms with van der Waals surface area (Å²) < 4.78 is 15.7. The molecule has 3 rings (SSSR count). The molecule has 0 aliphatic rings. The average Bonchev–Trinajstić information content (AvgIpc) is 2.81. The molecule has 0 aliphatic heterocycles. The lowest BCUT2D eigenvalue weighted by Crippen LogP contribution is -1.87. The fourth-order valence-corrected chi connectivity index (χ4v) is 1.88. The van der Waals surface area contributed by atoms with Gasteiger partial charge in [-0.05, 0) is 24.3 Å². The highest BCUT2D eigenvalue weighted by Gasteiger charge is 2.09. The van der Waals surface area contributed by atoms with E-state index < -0.39 is 5.82 Å². The summed E-state index contributed by atoms with van der Waals surface area (Å²) >= 11 is 0. The predicted octanol–water partition coefficient (Wildman–Crippen LogP) is 2.95. The Kier molecular flexibility index (Phi) is 2.41. The maximum atomic E-state index is 13.8. The third kappa shape index (κ3) is 1.68. The van der Waals surface area contributed by atoms with E-state index in [1.54, 1.807) is 18.3 Å². The molecular formula is C14H9FN2O. The minimum Gasteiger partial charge on any atom is -0.306 e. The number of imidazole rings is 1. The summed E-state index contributed by atoms with van der Waals surface area (Å²) in [6.45, 7) is 0. The average molecular weight is 240 g/mol. The van der Waals surface area contributed by atoms with Crippen molar-refractivity contribution in [2.45, 2.75) is 0 Å². The van der Waals surface area contributed by atoms with Crippen LogP contribution in [0.2, 0.25) is 0 Å². The van der Waals surface area contributed by atoms with E-state index in [-0.39, 0.29) is 0 Å². The largest absolute Gasteiger partial charge is 0.306 e. The Morgan fingerprint density at radius 2 is 2.11 bits per heavy atom. The number of halogens is 1. The molecule has 0 aliphatic carbocycles. The number of rotatable bonds is 2. The maximum Gasteiger partial charge on any atom is 0.150 e. The number of fused-ring (bicyclic) bond motifs is 1. The van der Waals surface area contributed by atoms with Crippen LogP contribution >= 0.6 is 0 Å². The van der Waals surface area contributed by atoms with Crippen molar-refractivity contribution >= 4 is 11.9 Å². The zero-order valence-corrected chi connectivity index (χ0v) is 9.38. The lowest BCUT2D eigenvalue weighted by atomic mass is 10.1. The molecule has 3 aromatic rings. The normalized spacial score (nSPS) is 10.7. The van der Waals surface area contributed by atoms with Gasteiger partial charge in [0, 0.05) is 23.5 Å². The molecule has 4 heteroatoms. The molecule has 0 fully saturated rings. The lowest BCUT2D eigenvalue weighted by Gasteiger charge is -1.99. The third-order valence-electron chi connectivity index (χ3n) is 2.77. The van der Waals surface area contributed by atoms with Gasteiger partial charge >= 0.3 is 0 Å². The van der Waals surface area contributed by atoms with Crippen LogP contribution in [0.3, 0.4) is 0 Å². The van der Waals surface area contributed by atoms with E-state index in [1.165, 1.54) is 6.07 Å². The highest BCUT2D eigenvalue weighted by molar-refractivity contribution is 5.77. The Hall–Kier alpha value is -2.49. The van der Waals surface area contributed by atoms with Gasteiger partial charge in [-0.25, -0.2) is 9.37 Å². The number of carbonyl (C=O) groups is 1. The van der Waals surface area contributed by atoms with Crippen molar-refractivity contribution in [2.75, 3.05) is 0 Å². The van der Waals surface area contributed by atoms with E-state index in [9.17, 15) is 9.18 Å². The van der Waals surface area contributed by atoms with Gasteiger partial charge in [-0.1, -0.05) is 12.1 Å². The number of nitrogens with zero attached hydrogens (tertiary/aromatic N) is 2. The number of pyridine rings is 1. The molecule has 18 heavy (non-hydrogen) atoms. The monoisotopic (exact) mass is 240 g/mol. The Balaban J connectivity index is 2.16. The van der Waals surface area contributed by atoms with Crippen LogP contribution in [0.25, 0.3) is 16.9 Å². The first kappa shape index (κ1) is 10.7. The molecule has 0 saturated carbocycles. The highest BCUT2D eigenvalue weighted by atomic mass is 19.1. The van der Waals surface area contributed by atoms with Crippen molar-refractivity contribution < 1.29 is 9.18 Å². The standard InChI is InChI=1S/C14H9FN2O/c15-12-7-10(9-18)4-5-11(12)13-8-17-6-2-1-3-14(17)16-13/h1-9H. The number of hydrogen-bond donors (Lipinski definition) is 0. The van der Waals surface area contributed by atoms with Crippen molar-refractivity contribution in [3.05, 3.63) is 60.2 Å². The fourth-order valence-electron chi connectivity index (χ4n) is 1.88. The summed E-state index contributed by atoms with van der Waals surface area (Å²) in [7, 11) is 0. The van der Waals surface area contributed by atoms with Crippen LogP contribution in [0.5, 0.6) is 0 Å². The van der Waals surface area contributed by atoms with Crippen molar-refractivity contribution in [3.63, 3.8) is 0 Å². The predicted molar refractivity (Wildman–Crippen MR) is 66.0 cm³/mol. The van der Waals surface area contributed by atoms with Crippen LogP contribution in [0.4, 0.5) is 4.39 Å². The second-order valence-electron chi connectivity index (χ2n) is 3.95. The molecule has 0 N–H and O–H groups in total. The summed E-state index contributed by atoms with van der Waals surface area (Å²) in [6, 6.07) is 9.96. The molecule has 0 saturated heterocycles. The van der Waals surface area contributed by atoms with Crippen LogP contribution in [0.15, 0.2) is 48.8 Å². The number of benzene rings is 1. The van der Waals surface area contributed by atoms with Crippen LogP contribution < -0.4 is 0 Å². The van der Waals surface area contributed by atoms with Gasteiger partial charge in [0.15, 0.2) is 0 Å². The van der Waals surface area contributed by atoms with Gasteiger partial charge in [-0.2, -0.15) is 0 Å². The van der Waals surface area contributed by atoms with E-state index in [4.69, 9.17) is 0 Å². The van der Waals surface area contributed by atoms with Crippen molar-refractivity contribution in [1.29, 1.82) is 0 Å². The van der Waals surface area contributed by atoms with E-state index in [0.717, 1.165) is 5.65 Å². The van der Waals surface area contributed by atoms with Crippen LogP contribution in [-0.4, -0.2) is 15.7 Å². The first-order chi connectivity index (χ1) is 8.78. The van der Waals surface area contributed by atoms with Gasteiger partial charge in [0.1, 0.15) is 17.8 Å². The van der Waals surface area contributed by atoms with Crippen molar-refractivity contribution in [1.82, 2.24) is 9.38 Å². The molecule has 0 bridgehead atoms. The summed E-state index contributed by atoms with van der Waals surface area (Å²) in [5.41, 5.74) is 2.02. The van der Waals surface area contributed by atoms with Gasteiger partial charge in [-0.3, -0.25) is 4.79 Å². The van der Waals surface area contributed by atoms with Crippen LogP contribution in [-0.2, 0) is 0 Å². The SMILES string of the molecule is O=Cc1ccc(-c2cn3ccccc3n2)c(F)c1. The Morgan fingerprint density at radius 3 is 2.83 bits per heavy atom. The Labute approximate surface area is 103 Å². The molecule has 88 valence electrons. The topological polar surface area (TPSA) is 34.4 Å². The molecule has 0 atom stereocenters. The fraction of sp³-hybridized carbons (Fsp3) is 0. The molecule has 0 amide bonds. The quantitative estimate of drug-likeness (QED) is 0.645. The number of hydrogen-bond acceptors (Lipinski definition) is 2. The van der Waals surface area contributed by atoms with Gasteiger partial charge in [-0.15, -0.1) is 0 Å². The van der Waals surface area contributed by atoms with Crippen LogP contribution in [0.1, 0.15) is 10.4 Å². The molecule has 3 nitrogen and oxygen atoms in total. The number of aromatic nitrogens is 2. The summed E-state index contributed by atoms with van der Waals surface area (Å²) in [4.78, 5) is 14.9. The smallest absolute Gasteiger partial charge is 0.150 e. The maximum absolute atomic E-state index is 13.8. The van der Waals surface area contributed by atoms with Gasteiger partial charge in [0.25, 0.3) is 0 Å². The third-order valence-corrected chi connectivity index (χ3v) is 2.77. The summed E-state index contributed by atoms with van der Waals surface area (Å²) in [5, 5.41) is 0. The van der Waals surface area contributed by atoms with Gasteiger partial charge < -0.3 is 4.40 Å². The summed E-state index contributed by atoms with van der Waals surface area (Å²) in [5.74, 6) is -0.442. The molecule has 1 aromatic carbocycles. The first-order valence-corrected chi connectivity index (χ1v) is 5.47. The molecule has 0 radical (unpaired) electrons. The Bertz CT molecular complexity index is 700. The minimum absolute atomic E-state index is 0.319. The van der Waals surface area contributed by atoms with E-state index >= 15 is 0 Å². The second kappa shape index (κ2) is 4.07.